The minimum atomic E-state index is 0.322. The second-order valence-electron chi connectivity index (χ2n) is 2.92. The molecule has 2 aromatic rings. The number of rotatable bonds is 2. The highest BCUT2D eigenvalue weighted by atomic mass is 35.5. The van der Waals surface area contributed by atoms with Crippen LogP contribution in [0.1, 0.15) is 5.56 Å². The fourth-order valence-electron chi connectivity index (χ4n) is 1.09. The molecule has 5 heteroatoms. The zero-order chi connectivity index (χ0) is 11.4. The molecular formula is C11H7ClN2OS. The number of nitrogens with zero attached hydrogens (tertiary/aromatic N) is 2. The predicted octanol–water partition coefficient (Wildman–Crippen LogP) is 2.88. The van der Waals surface area contributed by atoms with Crippen LogP contribution in [0.15, 0.2) is 42.7 Å². The number of ether oxygens (including phenoxy) is 1. The maximum Gasteiger partial charge on any atom is 0.220 e. The van der Waals surface area contributed by atoms with Gasteiger partial charge in [0, 0.05) is 24.0 Å². The predicted molar refractivity (Wildman–Crippen MR) is 65.8 cm³/mol. The van der Waals surface area contributed by atoms with E-state index in [0.29, 0.717) is 21.6 Å². The van der Waals surface area contributed by atoms with Gasteiger partial charge >= 0.3 is 0 Å². The molecule has 0 aliphatic carbocycles. The molecule has 0 radical (unpaired) electrons. The summed E-state index contributed by atoms with van der Waals surface area (Å²) >= 11 is 10.9. The van der Waals surface area contributed by atoms with Crippen LogP contribution >= 0.6 is 23.8 Å². The van der Waals surface area contributed by atoms with Gasteiger partial charge in [0.05, 0.1) is 0 Å². The number of thiocarbonyl (C=S) groups is 1. The highest BCUT2D eigenvalue weighted by molar-refractivity contribution is 7.80. The summed E-state index contributed by atoms with van der Waals surface area (Å²) in [6, 6.07) is 8.74. The van der Waals surface area contributed by atoms with Gasteiger partial charge in [-0.1, -0.05) is 17.7 Å². The van der Waals surface area contributed by atoms with Crippen LogP contribution in [0.4, 0.5) is 0 Å². The molecule has 16 heavy (non-hydrogen) atoms. The Hall–Kier alpha value is -1.52. The van der Waals surface area contributed by atoms with Gasteiger partial charge in [0.1, 0.15) is 5.15 Å². The maximum atomic E-state index is 5.75. The van der Waals surface area contributed by atoms with E-state index in [1.165, 1.54) is 0 Å². The molecule has 0 spiro atoms. The monoisotopic (exact) mass is 250 g/mol. The lowest BCUT2D eigenvalue weighted by Crippen LogP contribution is -2.07. The Kier molecular flexibility index (Phi) is 3.44. The summed E-state index contributed by atoms with van der Waals surface area (Å²) in [6.07, 6.45) is 3.21. The van der Waals surface area contributed by atoms with Crippen molar-refractivity contribution in [3.05, 3.63) is 53.4 Å². The molecule has 80 valence electrons. The molecule has 0 saturated carbocycles. The first kappa shape index (κ1) is 11.0. The zero-order valence-electron chi connectivity index (χ0n) is 8.13. The Labute approximate surface area is 103 Å². The number of hydrogen-bond acceptors (Lipinski definition) is 4. The van der Waals surface area contributed by atoms with Gasteiger partial charge in [0.15, 0.2) is 5.05 Å². The van der Waals surface area contributed by atoms with Crippen molar-refractivity contribution in [2.45, 2.75) is 0 Å². The van der Waals surface area contributed by atoms with Gasteiger partial charge in [-0.25, -0.2) is 9.97 Å². The molecule has 0 N–H and O–H groups in total. The van der Waals surface area contributed by atoms with E-state index >= 15 is 0 Å². The van der Waals surface area contributed by atoms with E-state index in [4.69, 9.17) is 28.6 Å². The Bertz CT molecular complexity index is 504. The fraction of sp³-hybridized carbons (Fsp3) is 0. The van der Waals surface area contributed by atoms with Crippen LogP contribution in [0, 0.1) is 0 Å². The van der Waals surface area contributed by atoms with Crippen LogP contribution in [0.3, 0.4) is 0 Å². The van der Waals surface area contributed by atoms with Crippen molar-refractivity contribution >= 4 is 28.9 Å². The Morgan fingerprint density at radius 2 is 2.06 bits per heavy atom. The van der Waals surface area contributed by atoms with E-state index in [9.17, 15) is 0 Å². The normalized spacial score (nSPS) is 9.81. The zero-order valence-corrected chi connectivity index (χ0v) is 9.70. The first-order valence-corrected chi connectivity index (χ1v) is 5.29. The van der Waals surface area contributed by atoms with E-state index in [0.717, 1.165) is 0 Å². The van der Waals surface area contributed by atoms with Crippen molar-refractivity contribution in [1.82, 2.24) is 9.97 Å². The Morgan fingerprint density at radius 1 is 1.19 bits per heavy atom. The van der Waals surface area contributed by atoms with E-state index < -0.39 is 0 Å². The van der Waals surface area contributed by atoms with Gasteiger partial charge in [-0.3, -0.25) is 0 Å². The first-order chi connectivity index (χ1) is 7.75. The first-order valence-electron chi connectivity index (χ1n) is 4.50. The molecule has 0 atom stereocenters. The van der Waals surface area contributed by atoms with Gasteiger partial charge in [-0.2, -0.15) is 0 Å². The fourth-order valence-corrected chi connectivity index (χ4v) is 1.48. The molecule has 0 fully saturated rings. The number of aromatic nitrogens is 2. The lowest BCUT2D eigenvalue weighted by atomic mass is 10.3. The standard InChI is InChI=1S/C11H7ClN2OS/c12-9-7-8(4-6-13-9)11(16)15-10-3-1-2-5-14-10/h1-7H. The minimum absolute atomic E-state index is 0.322. The second kappa shape index (κ2) is 5.01. The van der Waals surface area contributed by atoms with E-state index in [-0.39, 0.29) is 0 Å². The SMILES string of the molecule is S=C(Oc1ccccn1)c1ccnc(Cl)c1. The van der Waals surface area contributed by atoms with Crippen molar-refractivity contribution in [3.63, 3.8) is 0 Å². The van der Waals surface area contributed by atoms with Crippen LogP contribution < -0.4 is 4.74 Å². The molecule has 0 aliphatic heterocycles. The smallest absolute Gasteiger partial charge is 0.220 e. The molecule has 2 heterocycles. The van der Waals surface area contributed by atoms with Crippen LogP contribution in [0.2, 0.25) is 5.15 Å². The average molecular weight is 251 g/mol. The molecule has 0 saturated heterocycles. The van der Waals surface area contributed by atoms with Crippen molar-refractivity contribution in [1.29, 1.82) is 0 Å². The van der Waals surface area contributed by atoms with Gasteiger partial charge in [0.2, 0.25) is 5.88 Å². The van der Waals surface area contributed by atoms with E-state index in [1.807, 2.05) is 6.07 Å². The lowest BCUT2D eigenvalue weighted by molar-refractivity contribution is 0.542. The third kappa shape index (κ3) is 2.74. The molecule has 0 aromatic carbocycles. The van der Waals surface area contributed by atoms with Crippen LogP contribution in [0.5, 0.6) is 5.88 Å². The molecule has 2 rings (SSSR count). The largest absolute Gasteiger partial charge is 0.427 e. The molecule has 0 aliphatic rings. The lowest BCUT2D eigenvalue weighted by Gasteiger charge is -2.05. The second-order valence-corrected chi connectivity index (χ2v) is 3.68. The quantitative estimate of drug-likeness (QED) is 0.606. The summed E-state index contributed by atoms with van der Waals surface area (Å²) in [5.41, 5.74) is 0.709. The molecule has 2 aromatic heterocycles. The summed E-state index contributed by atoms with van der Waals surface area (Å²) in [6.45, 7) is 0. The van der Waals surface area contributed by atoms with Crippen molar-refractivity contribution in [3.8, 4) is 5.88 Å². The molecule has 0 bridgehead atoms. The third-order valence-electron chi connectivity index (χ3n) is 1.80. The van der Waals surface area contributed by atoms with Crippen LogP contribution in [-0.4, -0.2) is 15.0 Å². The van der Waals surface area contributed by atoms with E-state index in [1.54, 1.807) is 36.7 Å². The highest BCUT2D eigenvalue weighted by Crippen LogP contribution is 2.12. The summed E-state index contributed by atoms with van der Waals surface area (Å²) in [7, 11) is 0. The number of pyridine rings is 2. The Balaban J connectivity index is 2.15. The van der Waals surface area contributed by atoms with Crippen molar-refractivity contribution in [2.75, 3.05) is 0 Å². The number of hydrogen-bond donors (Lipinski definition) is 0. The Morgan fingerprint density at radius 3 is 2.75 bits per heavy atom. The summed E-state index contributed by atoms with van der Waals surface area (Å²) < 4.78 is 5.39. The van der Waals surface area contributed by atoms with Crippen molar-refractivity contribution in [2.24, 2.45) is 0 Å². The van der Waals surface area contributed by atoms with Gasteiger partial charge in [0.25, 0.3) is 0 Å². The topological polar surface area (TPSA) is 35.0 Å². The third-order valence-corrected chi connectivity index (χ3v) is 2.32. The van der Waals surface area contributed by atoms with Gasteiger partial charge < -0.3 is 4.74 Å². The molecule has 0 amide bonds. The van der Waals surface area contributed by atoms with Crippen molar-refractivity contribution < 1.29 is 4.74 Å². The van der Waals surface area contributed by atoms with Crippen LogP contribution in [0.25, 0.3) is 0 Å². The maximum absolute atomic E-state index is 5.75. The van der Waals surface area contributed by atoms with Crippen LogP contribution in [-0.2, 0) is 0 Å². The molecular weight excluding hydrogens is 244 g/mol. The summed E-state index contributed by atoms with van der Waals surface area (Å²) in [5, 5.41) is 0.701. The highest BCUT2D eigenvalue weighted by Gasteiger charge is 2.05. The molecule has 0 unspecified atom stereocenters. The van der Waals surface area contributed by atoms with E-state index in [2.05, 4.69) is 9.97 Å². The average Bonchev–Trinajstić information content (AvgIpc) is 2.30. The summed E-state index contributed by atoms with van der Waals surface area (Å²) in [5.74, 6) is 0.459. The summed E-state index contributed by atoms with van der Waals surface area (Å²) in [4.78, 5) is 7.87. The van der Waals surface area contributed by atoms with Gasteiger partial charge in [-0.15, -0.1) is 0 Å². The molecule has 3 nitrogen and oxygen atoms in total. The van der Waals surface area contributed by atoms with Gasteiger partial charge in [-0.05, 0) is 30.4 Å². The minimum Gasteiger partial charge on any atom is -0.427 e. The number of halogens is 1.